The molecule has 1 aromatic rings. The summed E-state index contributed by atoms with van der Waals surface area (Å²) in [6.45, 7) is 4.43. The quantitative estimate of drug-likeness (QED) is 0.770. The van der Waals surface area contributed by atoms with E-state index in [1.807, 2.05) is 18.2 Å². The van der Waals surface area contributed by atoms with Crippen molar-refractivity contribution in [1.29, 1.82) is 0 Å². The zero-order valence-corrected chi connectivity index (χ0v) is 10.7. The second-order valence-electron chi connectivity index (χ2n) is 4.25. The van der Waals surface area contributed by atoms with Crippen molar-refractivity contribution >= 4 is 23.0 Å². The number of nitrogens with two attached hydrogens (primary N) is 1. The lowest BCUT2D eigenvalue weighted by Gasteiger charge is -2.15. The average Bonchev–Trinajstić information content (AvgIpc) is 2.82. The Labute approximate surface area is 107 Å². The van der Waals surface area contributed by atoms with Gasteiger partial charge >= 0.3 is 0 Å². The third-order valence-corrected chi connectivity index (χ3v) is 3.14. The van der Waals surface area contributed by atoms with Gasteiger partial charge in [-0.25, -0.2) is 4.98 Å². The van der Waals surface area contributed by atoms with E-state index in [1.165, 1.54) is 25.9 Å². The second-order valence-corrected chi connectivity index (χ2v) is 4.69. The molecule has 1 saturated heterocycles. The number of nitrogens with zero attached hydrogens (tertiary/aromatic N) is 2. The van der Waals surface area contributed by atoms with Gasteiger partial charge in [-0.15, -0.1) is 0 Å². The number of hydrogen-bond acceptors (Lipinski definition) is 4. The minimum Gasteiger partial charge on any atom is -0.388 e. The Morgan fingerprint density at radius 2 is 2.18 bits per heavy atom. The highest BCUT2D eigenvalue weighted by Crippen LogP contribution is 2.07. The third kappa shape index (κ3) is 3.64. The van der Waals surface area contributed by atoms with E-state index < -0.39 is 0 Å². The summed E-state index contributed by atoms with van der Waals surface area (Å²) in [6, 6.07) is 5.68. The van der Waals surface area contributed by atoms with Crippen molar-refractivity contribution in [1.82, 2.24) is 9.88 Å². The van der Waals surface area contributed by atoms with Crippen molar-refractivity contribution in [2.24, 2.45) is 5.73 Å². The number of hydrogen-bond donors (Lipinski definition) is 2. The number of nitrogens with one attached hydrogen (secondary N) is 1. The van der Waals surface area contributed by atoms with Gasteiger partial charge in [0.2, 0.25) is 0 Å². The lowest BCUT2D eigenvalue weighted by molar-refractivity contribution is 0.352. The molecular formula is C12H18N4S. The fourth-order valence-electron chi connectivity index (χ4n) is 2.02. The van der Waals surface area contributed by atoms with Gasteiger partial charge in [0.25, 0.3) is 0 Å². The molecule has 0 atom stereocenters. The molecule has 1 aromatic heterocycles. The van der Waals surface area contributed by atoms with Crippen LogP contribution in [0.1, 0.15) is 18.5 Å². The lowest BCUT2D eigenvalue weighted by Crippen LogP contribution is -2.26. The number of likely N-dealkylation sites (tertiary alicyclic amines) is 1. The van der Waals surface area contributed by atoms with E-state index in [0.29, 0.717) is 10.7 Å². The molecule has 3 N–H and O–H groups in total. The molecule has 17 heavy (non-hydrogen) atoms. The molecule has 0 bridgehead atoms. The maximum atomic E-state index is 5.54. The first-order chi connectivity index (χ1) is 8.25. The van der Waals surface area contributed by atoms with Gasteiger partial charge in [0, 0.05) is 13.1 Å². The molecule has 2 rings (SSSR count). The maximum absolute atomic E-state index is 5.54. The number of thiocarbonyl (C=S) groups is 1. The largest absolute Gasteiger partial charge is 0.388 e. The summed E-state index contributed by atoms with van der Waals surface area (Å²) in [5.41, 5.74) is 6.22. The molecule has 0 spiro atoms. The van der Waals surface area contributed by atoms with Gasteiger partial charge < -0.3 is 16.0 Å². The van der Waals surface area contributed by atoms with Crippen LogP contribution in [0.5, 0.6) is 0 Å². The molecule has 92 valence electrons. The zero-order chi connectivity index (χ0) is 12.1. The van der Waals surface area contributed by atoms with Crippen LogP contribution in [-0.2, 0) is 0 Å². The Morgan fingerprint density at radius 3 is 2.88 bits per heavy atom. The highest BCUT2D eigenvalue weighted by Gasteiger charge is 2.10. The molecular weight excluding hydrogens is 232 g/mol. The first-order valence-electron chi connectivity index (χ1n) is 5.99. The zero-order valence-electron chi connectivity index (χ0n) is 9.85. The number of rotatable bonds is 5. The molecule has 1 aliphatic rings. The Bertz CT molecular complexity index is 388. The van der Waals surface area contributed by atoms with E-state index in [2.05, 4.69) is 15.2 Å². The topological polar surface area (TPSA) is 54.2 Å². The van der Waals surface area contributed by atoms with Crippen LogP contribution in [0.15, 0.2) is 18.2 Å². The van der Waals surface area contributed by atoms with Crippen molar-refractivity contribution in [3.8, 4) is 0 Å². The first kappa shape index (κ1) is 12.3. The Morgan fingerprint density at radius 1 is 1.41 bits per heavy atom. The molecule has 1 fully saturated rings. The lowest BCUT2D eigenvalue weighted by atomic mass is 10.3. The number of aromatic nitrogens is 1. The van der Waals surface area contributed by atoms with Crippen LogP contribution in [-0.4, -0.2) is 41.1 Å². The van der Waals surface area contributed by atoms with Crippen LogP contribution in [0.25, 0.3) is 0 Å². The summed E-state index contributed by atoms with van der Waals surface area (Å²) in [7, 11) is 0. The highest BCUT2D eigenvalue weighted by atomic mass is 32.1. The minimum absolute atomic E-state index is 0.341. The van der Waals surface area contributed by atoms with Crippen molar-refractivity contribution in [2.45, 2.75) is 12.8 Å². The van der Waals surface area contributed by atoms with Crippen LogP contribution in [0.4, 0.5) is 5.82 Å². The predicted molar refractivity (Wildman–Crippen MR) is 74.3 cm³/mol. The third-order valence-electron chi connectivity index (χ3n) is 2.93. The fourth-order valence-corrected chi connectivity index (χ4v) is 2.13. The van der Waals surface area contributed by atoms with E-state index >= 15 is 0 Å². The molecule has 1 aliphatic heterocycles. The van der Waals surface area contributed by atoms with Crippen molar-refractivity contribution in [3.05, 3.63) is 23.9 Å². The van der Waals surface area contributed by atoms with Gasteiger partial charge in [-0.2, -0.15) is 0 Å². The van der Waals surface area contributed by atoms with Gasteiger partial charge in [0.1, 0.15) is 10.8 Å². The Balaban J connectivity index is 1.81. The second kappa shape index (κ2) is 5.93. The van der Waals surface area contributed by atoms with E-state index in [4.69, 9.17) is 18.0 Å². The minimum atomic E-state index is 0.341. The summed E-state index contributed by atoms with van der Waals surface area (Å²) < 4.78 is 0. The van der Waals surface area contributed by atoms with Crippen molar-refractivity contribution < 1.29 is 0 Å². The smallest absolute Gasteiger partial charge is 0.126 e. The highest BCUT2D eigenvalue weighted by molar-refractivity contribution is 7.80. The molecule has 0 aromatic carbocycles. The molecule has 2 heterocycles. The summed E-state index contributed by atoms with van der Waals surface area (Å²) in [4.78, 5) is 7.14. The Kier molecular flexibility index (Phi) is 4.28. The summed E-state index contributed by atoms with van der Waals surface area (Å²) >= 11 is 4.90. The SMILES string of the molecule is NC(=S)c1cccc(NCCN2CCCC2)n1. The van der Waals surface area contributed by atoms with Crippen LogP contribution >= 0.6 is 12.2 Å². The maximum Gasteiger partial charge on any atom is 0.126 e. The summed E-state index contributed by atoms with van der Waals surface area (Å²) in [6.07, 6.45) is 2.66. The van der Waals surface area contributed by atoms with Crippen LogP contribution in [0.2, 0.25) is 0 Å². The van der Waals surface area contributed by atoms with Gasteiger partial charge in [-0.3, -0.25) is 0 Å². The van der Waals surface area contributed by atoms with Gasteiger partial charge in [0.15, 0.2) is 0 Å². The predicted octanol–water partition coefficient (Wildman–Crippen LogP) is 1.22. The number of anilines is 1. The van der Waals surface area contributed by atoms with Crippen LogP contribution < -0.4 is 11.1 Å². The average molecular weight is 250 g/mol. The van der Waals surface area contributed by atoms with Crippen LogP contribution in [0, 0.1) is 0 Å². The standard InChI is InChI=1S/C12H18N4S/c13-12(17)10-4-3-5-11(15-10)14-6-9-16-7-1-2-8-16/h3-5H,1-2,6-9H2,(H2,13,17)(H,14,15). The van der Waals surface area contributed by atoms with Gasteiger partial charge in [-0.1, -0.05) is 18.3 Å². The summed E-state index contributed by atoms with van der Waals surface area (Å²) in [5, 5.41) is 3.30. The molecule has 0 radical (unpaired) electrons. The van der Waals surface area contributed by atoms with Gasteiger partial charge in [-0.05, 0) is 38.1 Å². The van der Waals surface area contributed by atoms with Crippen molar-refractivity contribution in [2.75, 3.05) is 31.5 Å². The van der Waals surface area contributed by atoms with Gasteiger partial charge in [0.05, 0.1) is 5.69 Å². The van der Waals surface area contributed by atoms with E-state index in [9.17, 15) is 0 Å². The van der Waals surface area contributed by atoms with Crippen LogP contribution in [0.3, 0.4) is 0 Å². The molecule has 0 aliphatic carbocycles. The first-order valence-corrected chi connectivity index (χ1v) is 6.39. The fraction of sp³-hybridized carbons (Fsp3) is 0.500. The summed E-state index contributed by atoms with van der Waals surface area (Å²) in [5.74, 6) is 0.842. The molecule has 0 unspecified atom stereocenters. The normalized spacial score (nSPS) is 16.0. The van der Waals surface area contributed by atoms with Crippen molar-refractivity contribution in [3.63, 3.8) is 0 Å². The monoisotopic (exact) mass is 250 g/mol. The van der Waals surface area contributed by atoms with E-state index in [1.54, 1.807) is 0 Å². The molecule has 0 saturated carbocycles. The number of pyridine rings is 1. The Hall–Kier alpha value is -1.20. The van der Waals surface area contributed by atoms with E-state index in [-0.39, 0.29) is 0 Å². The van der Waals surface area contributed by atoms with E-state index in [0.717, 1.165) is 18.9 Å². The molecule has 0 amide bonds. The molecule has 4 nitrogen and oxygen atoms in total. The molecule has 5 heteroatoms.